The molecule has 0 saturated carbocycles. The van der Waals surface area contributed by atoms with Gasteiger partial charge in [0.2, 0.25) is 11.8 Å². The number of methoxy groups -OCH3 is 1. The lowest BCUT2D eigenvalue weighted by Gasteiger charge is -2.08. The lowest BCUT2D eigenvalue weighted by atomic mass is 10.1. The molecule has 0 atom stereocenters. The molecule has 0 aliphatic rings. The van der Waals surface area contributed by atoms with E-state index in [-0.39, 0.29) is 0 Å². The quantitative estimate of drug-likeness (QED) is 0.684. The van der Waals surface area contributed by atoms with Gasteiger partial charge in [-0.2, -0.15) is 4.98 Å². The Morgan fingerprint density at radius 3 is 2.56 bits per heavy atom. The lowest BCUT2D eigenvalue weighted by Crippen LogP contribution is -2.03. The van der Waals surface area contributed by atoms with Gasteiger partial charge in [-0.15, -0.1) is 0 Å². The summed E-state index contributed by atoms with van der Waals surface area (Å²) in [7, 11) is 1.58. The maximum absolute atomic E-state index is 5.78. The van der Waals surface area contributed by atoms with Crippen LogP contribution in [-0.2, 0) is 0 Å². The number of nitrogens with two attached hydrogens (primary N) is 1. The first-order valence-corrected chi connectivity index (χ1v) is 6.71. The molecule has 18 heavy (non-hydrogen) atoms. The minimum absolute atomic E-state index is 0.475. The zero-order chi connectivity index (χ0) is 13.2. The lowest BCUT2D eigenvalue weighted by molar-refractivity contribution is 0.289. The highest BCUT2D eigenvalue weighted by Crippen LogP contribution is 2.22. The van der Waals surface area contributed by atoms with Crippen LogP contribution >= 0.6 is 0 Å². The van der Waals surface area contributed by atoms with Gasteiger partial charge in [-0.05, 0) is 12.5 Å². The highest BCUT2D eigenvalue weighted by molar-refractivity contribution is 5.49. The van der Waals surface area contributed by atoms with Crippen molar-refractivity contribution < 1.29 is 9.47 Å². The Bertz CT molecular complexity index is 343. The molecule has 0 saturated heterocycles. The summed E-state index contributed by atoms with van der Waals surface area (Å²) in [5, 5.41) is 0. The van der Waals surface area contributed by atoms with Crippen molar-refractivity contribution >= 4 is 5.69 Å². The number of aromatic nitrogens is 1. The standard InChI is InChI=1S/C14H24N2O2/c1-3-4-5-6-7-8-11-18-14-12(15)9-10-13(16-14)17-2/h9-10H,3-8,11,15H2,1-2H3. The third kappa shape index (κ3) is 5.25. The molecular weight excluding hydrogens is 228 g/mol. The van der Waals surface area contributed by atoms with Gasteiger partial charge in [0, 0.05) is 6.07 Å². The fourth-order valence-electron chi connectivity index (χ4n) is 1.71. The fraction of sp³-hybridized carbons (Fsp3) is 0.643. The van der Waals surface area contributed by atoms with E-state index in [1.54, 1.807) is 19.2 Å². The second kappa shape index (κ2) is 8.61. The molecule has 0 amide bonds. The van der Waals surface area contributed by atoms with Crippen LogP contribution in [0.5, 0.6) is 11.8 Å². The van der Waals surface area contributed by atoms with E-state index in [1.165, 1.54) is 32.1 Å². The molecular formula is C14H24N2O2. The number of unbranched alkanes of at least 4 members (excludes halogenated alkanes) is 5. The van der Waals surface area contributed by atoms with Gasteiger partial charge in [0.05, 0.1) is 19.4 Å². The Morgan fingerprint density at radius 1 is 1.11 bits per heavy atom. The topological polar surface area (TPSA) is 57.4 Å². The van der Waals surface area contributed by atoms with E-state index in [1.807, 2.05) is 0 Å². The van der Waals surface area contributed by atoms with Gasteiger partial charge in [0.25, 0.3) is 0 Å². The van der Waals surface area contributed by atoms with Crippen molar-refractivity contribution in [1.29, 1.82) is 0 Å². The summed E-state index contributed by atoms with van der Waals surface area (Å²) in [6.07, 6.45) is 7.44. The summed E-state index contributed by atoms with van der Waals surface area (Å²) in [6, 6.07) is 3.48. The number of nitrogen functional groups attached to an aromatic ring is 1. The van der Waals surface area contributed by atoms with Gasteiger partial charge in [0.15, 0.2) is 0 Å². The molecule has 0 unspecified atom stereocenters. The van der Waals surface area contributed by atoms with E-state index in [4.69, 9.17) is 15.2 Å². The number of anilines is 1. The number of pyridine rings is 1. The summed E-state index contributed by atoms with van der Waals surface area (Å²) < 4.78 is 10.6. The number of ether oxygens (including phenoxy) is 2. The predicted octanol–water partition coefficient (Wildman–Crippen LogP) is 3.41. The number of rotatable bonds is 9. The normalized spacial score (nSPS) is 10.3. The third-order valence-electron chi connectivity index (χ3n) is 2.81. The second-order valence-electron chi connectivity index (χ2n) is 4.36. The van der Waals surface area contributed by atoms with E-state index >= 15 is 0 Å². The Morgan fingerprint density at radius 2 is 1.83 bits per heavy atom. The molecule has 0 aliphatic carbocycles. The summed E-state index contributed by atoms with van der Waals surface area (Å²) >= 11 is 0. The van der Waals surface area contributed by atoms with Gasteiger partial charge in [0.1, 0.15) is 0 Å². The average molecular weight is 252 g/mol. The maximum Gasteiger partial charge on any atom is 0.240 e. The van der Waals surface area contributed by atoms with E-state index in [0.717, 1.165) is 6.42 Å². The van der Waals surface area contributed by atoms with E-state index in [0.29, 0.717) is 24.1 Å². The molecule has 1 heterocycles. The van der Waals surface area contributed by atoms with Crippen LogP contribution in [0.1, 0.15) is 45.4 Å². The highest BCUT2D eigenvalue weighted by atomic mass is 16.5. The Kier molecular flexibility index (Phi) is 6.99. The van der Waals surface area contributed by atoms with Crippen molar-refractivity contribution in [3.8, 4) is 11.8 Å². The molecule has 0 aliphatic heterocycles. The first-order valence-electron chi connectivity index (χ1n) is 6.71. The molecule has 0 spiro atoms. The first kappa shape index (κ1) is 14.6. The zero-order valence-electron chi connectivity index (χ0n) is 11.4. The molecule has 1 aromatic rings. The maximum atomic E-state index is 5.78. The van der Waals surface area contributed by atoms with Crippen molar-refractivity contribution in [3.05, 3.63) is 12.1 Å². The molecule has 0 fully saturated rings. The van der Waals surface area contributed by atoms with Crippen molar-refractivity contribution in [2.75, 3.05) is 19.5 Å². The molecule has 1 rings (SSSR count). The summed E-state index contributed by atoms with van der Waals surface area (Å²) in [6.45, 7) is 2.89. The Balaban J connectivity index is 2.22. The first-order chi connectivity index (χ1) is 8.77. The average Bonchev–Trinajstić information content (AvgIpc) is 2.39. The van der Waals surface area contributed by atoms with Gasteiger partial charge < -0.3 is 15.2 Å². The van der Waals surface area contributed by atoms with Crippen molar-refractivity contribution in [1.82, 2.24) is 4.98 Å². The molecule has 4 heteroatoms. The van der Waals surface area contributed by atoms with Crippen LogP contribution in [0.25, 0.3) is 0 Å². The minimum atomic E-state index is 0.475. The van der Waals surface area contributed by atoms with Crippen LogP contribution in [0.4, 0.5) is 5.69 Å². The summed E-state index contributed by atoms with van der Waals surface area (Å²) in [5.41, 5.74) is 6.34. The van der Waals surface area contributed by atoms with E-state index in [2.05, 4.69) is 11.9 Å². The van der Waals surface area contributed by atoms with Crippen LogP contribution in [0.3, 0.4) is 0 Å². The van der Waals surface area contributed by atoms with Crippen LogP contribution in [-0.4, -0.2) is 18.7 Å². The second-order valence-corrected chi connectivity index (χ2v) is 4.36. The number of hydrogen-bond acceptors (Lipinski definition) is 4. The van der Waals surface area contributed by atoms with Crippen LogP contribution in [0.2, 0.25) is 0 Å². The zero-order valence-corrected chi connectivity index (χ0v) is 11.4. The van der Waals surface area contributed by atoms with Gasteiger partial charge in [-0.25, -0.2) is 0 Å². The van der Waals surface area contributed by atoms with Gasteiger partial charge in [-0.1, -0.05) is 39.0 Å². The van der Waals surface area contributed by atoms with Crippen LogP contribution in [0, 0.1) is 0 Å². The molecule has 102 valence electrons. The predicted molar refractivity (Wildman–Crippen MR) is 74.1 cm³/mol. The molecule has 0 radical (unpaired) electrons. The largest absolute Gasteiger partial charge is 0.481 e. The molecule has 0 bridgehead atoms. The minimum Gasteiger partial charge on any atom is -0.481 e. The Labute approximate surface area is 110 Å². The van der Waals surface area contributed by atoms with Crippen molar-refractivity contribution in [3.63, 3.8) is 0 Å². The molecule has 0 aromatic carbocycles. The SMILES string of the molecule is CCCCCCCCOc1nc(OC)ccc1N. The van der Waals surface area contributed by atoms with Gasteiger partial charge in [-0.3, -0.25) is 0 Å². The summed E-state index contributed by atoms with van der Waals surface area (Å²) in [4.78, 5) is 4.17. The monoisotopic (exact) mass is 252 g/mol. The number of hydrogen-bond donors (Lipinski definition) is 1. The molecule has 4 nitrogen and oxygen atoms in total. The number of nitrogens with zero attached hydrogens (tertiary/aromatic N) is 1. The Hall–Kier alpha value is -1.45. The van der Waals surface area contributed by atoms with E-state index < -0.39 is 0 Å². The van der Waals surface area contributed by atoms with Crippen molar-refractivity contribution in [2.24, 2.45) is 0 Å². The van der Waals surface area contributed by atoms with Gasteiger partial charge >= 0.3 is 0 Å². The van der Waals surface area contributed by atoms with Crippen LogP contribution in [0.15, 0.2) is 12.1 Å². The fourth-order valence-corrected chi connectivity index (χ4v) is 1.71. The third-order valence-corrected chi connectivity index (χ3v) is 2.81. The summed E-state index contributed by atoms with van der Waals surface area (Å²) in [5.74, 6) is 1.00. The van der Waals surface area contributed by atoms with E-state index in [9.17, 15) is 0 Å². The van der Waals surface area contributed by atoms with Crippen LogP contribution < -0.4 is 15.2 Å². The van der Waals surface area contributed by atoms with Crippen molar-refractivity contribution in [2.45, 2.75) is 45.4 Å². The highest BCUT2D eigenvalue weighted by Gasteiger charge is 2.04. The smallest absolute Gasteiger partial charge is 0.240 e. The molecule has 1 aromatic heterocycles. The molecule has 2 N–H and O–H groups in total.